The molecule has 0 bridgehead atoms. The second-order valence-corrected chi connectivity index (χ2v) is 7.52. The van der Waals surface area contributed by atoms with Gasteiger partial charge < -0.3 is 10.0 Å². The molecule has 0 aromatic heterocycles. The zero-order valence-electron chi connectivity index (χ0n) is 17.2. The molecule has 0 spiro atoms. The fourth-order valence-electron chi connectivity index (χ4n) is 3.32. The van der Waals surface area contributed by atoms with Gasteiger partial charge in [0.15, 0.2) is 0 Å². The lowest BCUT2D eigenvalue weighted by atomic mass is 9.94. The minimum absolute atomic E-state index is 0.424. The highest BCUT2D eigenvalue weighted by Gasteiger charge is 2.13. The second-order valence-electron chi connectivity index (χ2n) is 7.52. The molecule has 0 heterocycles. The molecule has 1 unspecified atom stereocenters. The predicted molar refractivity (Wildman–Crippen MR) is 119 cm³/mol. The van der Waals surface area contributed by atoms with Crippen molar-refractivity contribution in [1.29, 1.82) is 0 Å². The lowest BCUT2D eigenvalue weighted by Gasteiger charge is -2.17. The van der Waals surface area contributed by atoms with Crippen molar-refractivity contribution in [3.05, 3.63) is 65.7 Å². The molecule has 0 aliphatic heterocycles. The number of hydrogen-bond donors (Lipinski definition) is 1. The van der Waals surface area contributed by atoms with E-state index in [0.717, 1.165) is 29.5 Å². The molecule has 2 rings (SSSR count). The van der Waals surface area contributed by atoms with Gasteiger partial charge in [0.2, 0.25) is 0 Å². The first-order valence-corrected chi connectivity index (χ1v) is 10.3. The van der Waals surface area contributed by atoms with Crippen molar-refractivity contribution < 1.29 is 5.11 Å². The van der Waals surface area contributed by atoms with Crippen molar-refractivity contribution >= 4 is 17.3 Å². The molecule has 0 radical (unpaired) electrons. The van der Waals surface area contributed by atoms with Crippen LogP contribution in [-0.4, -0.2) is 25.3 Å². The van der Waals surface area contributed by atoms with Crippen LogP contribution < -0.4 is 4.90 Å². The average molecular weight is 366 g/mol. The molecular formula is C25H35NO. The van der Waals surface area contributed by atoms with Crippen molar-refractivity contribution in [2.45, 2.75) is 58.0 Å². The number of aliphatic hydroxyl groups is 1. The first-order chi connectivity index (χ1) is 13.1. The van der Waals surface area contributed by atoms with Crippen LogP contribution in [0.15, 0.2) is 54.6 Å². The number of rotatable bonds is 11. The van der Waals surface area contributed by atoms with E-state index < -0.39 is 6.10 Å². The molecule has 0 amide bonds. The maximum absolute atomic E-state index is 10.9. The van der Waals surface area contributed by atoms with E-state index in [-0.39, 0.29) is 0 Å². The molecule has 1 N–H and O–H groups in total. The van der Waals surface area contributed by atoms with Gasteiger partial charge in [-0.1, -0.05) is 87.9 Å². The van der Waals surface area contributed by atoms with Crippen LogP contribution in [0.2, 0.25) is 0 Å². The first kappa shape index (κ1) is 21.2. The van der Waals surface area contributed by atoms with Crippen LogP contribution in [-0.2, 0) is 0 Å². The zero-order chi connectivity index (χ0) is 19.5. The normalized spacial score (nSPS) is 12.8. The monoisotopic (exact) mass is 365 g/mol. The summed E-state index contributed by atoms with van der Waals surface area (Å²) in [6, 6.07) is 18.8. The van der Waals surface area contributed by atoms with Gasteiger partial charge in [-0.3, -0.25) is 0 Å². The Morgan fingerprint density at radius 3 is 2.15 bits per heavy atom. The van der Waals surface area contributed by atoms with E-state index in [1.165, 1.54) is 37.8 Å². The molecule has 0 aliphatic carbocycles. The summed E-state index contributed by atoms with van der Waals surface area (Å²) in [6.45, 7) is 2.24. The first-order valence-electron chi connectivity index (χ1n) is 10.3. The van der Waals surface area contributed by atoms with Crippen molar-refractivity contribution in [3.8, 4) is 0 Å². The summed E-state index contributed by atoms with van der Waals surface area (Å²) in [5, 5.41) is 10.9. The molecule has 0 saturated heterocycles. The minimum Gasteiger partial charge on any atom is -0.388 e. The van der Waals surface area contributed by atoms with Gasteiger partial charge in [0.05, 0.1) is 6.10 Å². The van der Waals surface area contributed by atoms with Crippen molar-refractivity contribution in [3.63, 3.8) is 0 Å². The Morgan fingerprint density at radius 1 is 0.889 bits per heavy atom. The van der Waals surface area contributed by atoms with Gasteiger partial charge in [-0.25, -0.2) is 0 Å². The smallest absolute Gasteiger partial charge is 0.0796 e. The number of benzene rings is 2. The summed E-state index contributed by atoms with van der Waals surface area (Å²) >= 11 is 0. The van der Waals surface area contributed by atoms with Crippen molar-refractivity contribution in [2.75, 3.05) is 19.0 Å². The minimum atomic E-state index is -0.424. The summed E-state index contributed by atoms with van der Waals surface area (Å²) < 4.78 is 0. The van der Waals surface area contributed by atoms with Crippen LogP contribution in [0.4, 0.5) is 5.69 Å². The van der Waals surface area contributed by atoms with Crippen LogP contribution in [0.1, 0.15) is 63.0 Å². The van der Waals surface area contributed by atoms with Gasteiger partial charge in [-0.2, -0.15) is 0 Å². The van der Waals surface area contributed by atoms with E-state index in [1.54, 1.807) is 0 Å². The third kappa shape index (κ3) is 7.22. The largest absolute Gasteiger partial charge is 0.388 e. The van der Waals surface area contributed by atoms with Crippen LogP contribution >= 0.6 is 0 Å². The van der Waals surface area contributed by atoms with Gasteiger partial charge >= 0.3 is 0 Å². The van der Waals surface area contributed by atoms with Crippen molar-refractivity contribution in [2.24, 2.45) is 0 Å². The Labute approximate surface area is 165 Å². The number of anilines is 1. The van der Waals surface area contributed by atoms with Crippen LogP contribution in [0.5, 0.6) is 0 Å². The lowest BCUT2D eigenvalue weighted by molar-refractivity contribution is 0.217. The summed E-state index contributed by atoms with van der Waals surface area (Å²) in [5.41, 5.74) is 4.43. The highest BCUT2D eigenvalue weighted by atomic mass is 16.3. The highest BCUT2D eigenvalue weighted by Crippen LogP contribution is 2.26. The maximum atomic E-state index is 10.9. The van der Waals surface area contributed by atoms with Gasteiger partial charge in [0.25, 0.3) is 0 Å². The number of unbranched alkanes of at least 4 members (excludes halogenated alkanes) is 5. The van der Waals surface area contributed by atoms with E-state index in [1.807, 2.05) is 32.3 Å². The summed E-state index contributed by atoms with van der Waals surface area (Å²) in [4.78, 5) is 2.10. The topological polar surface area (TPSA) is 23.5 Å². The summed E-state index contributed by atoms with van der Waals surface area (Å²) in [7, 11) is 4.09. The predicted octanol–water partition coefficient (Wildman–Crippen LogP) is 6.40. The maximum Gasteiger partial charge on any atom is 0.0796 e. The molecule has 2 aromatic rings. The van der Waals surface area contributed by atoms with E-state index in [4.69, 9.17) is 0 Å². The van der Waals surface area contributed by atoms with E-state index in [2.05, 4.69) is 54.3 Å². The fraction of sp³-hybridized carbons (Fsp3) is 0.440. The number of aliphatic hydroxyl groups excluding tert-OH is 1. The third-order valence-corrected chi connectivity index (χ3v) is 5.03. The Hall–Kier alpha value is -2.06. The van der Waals surface area contributed by atoms with Gasteiger partial charge in [0.1, 0.15) is 0 Å². The molecular weight excluding hydrogens is 330 g/mol. The Kier molecular flexibility index (Phi) is 9.13. The lowest BCUT2D eigenvalue weighted by Crippen LogP contribution is -2.10. The molecule has 146 valence electrons. The molecule has 0 aliphatic rings. The highest BCUT2D eigenvalue weighted by molar-refractivity contribution is 5.83. The van der Waals surface area contributed by atoms with Crippen LogP contribution in [0.3, 0.4) is 0 Å². The van der Waals surface area contributed by atoms with Gasteiger partial charge in [0, 0.05) is 19.8 Å². The fourth-order valence-corrected chi connectivity index (χ4v) is 3.32. The number of hydrogen-bond acceptors (Lipinski definition) is 2. The van der Waals surface area contributed by atoms with Crippen LogP contribution in [0.25, 0.3) is 11.6 Å². The standard InChI is InChI=1S/C25H35NO/c1-4-5-6-7-8-12-15-25(27)24(22-13-10-9-11-14-22)20-21-16-18-23(19-17-21)26(2)3/h9-11,13-14,16-20,25,27H,4-8,12,15H2,1-3H3/b24-20-. The average Bonchev–Trinajstić information content (AvgIpc) is 2.69. The zero-order valence-corrected chi connectivity index (χ0v) is 17.2. The quantitative estimate of drug-likeness (QED) is 0.367. The second kappa shape index (κ2) is 11.6. The Balaban J connectivity index is 2.09. The Bertz CT molecular complexity index is 673. The SMILES string of the molecule is CCCCCCCCC(O)/C(=C\c1ccc(N(C)C)cc1)c1ccccc1. The summed E-state index contributed by atoms with van der Waals surface area (Å²) in [6.07, 6.45) is 10.00. The third-order valence-electron chi connectivity index (χ3n) is 5.03. The van der Waals surface area contributed by atoms with E-state index in [0.29, 0.717) is 0 Å². The number of nitrogens with zero attached hydrogens (tertiary/aromatic N) is 1. The molecule has 1 atom stereocenters. The molecule has 2 nitrogen and oxygen atoms in total. The van der Waals surface area contributed by atoms with Gasteiger partial charge in [-0.15, -0.1) is 0 Å². The molecule has 2 heteroatoms. The van der Waals surface area contributed by atoms with Crippen molar-refractivity contribution in [1.82, 2.24) is 0 Å². The molecule has 27 heavy (non-hydrogen) atoms. The Morgan fingerprint density at radius 2 is 1.52 bits per heavy atom. The molecule has 0 fully saturated rings. The van der Waals surface area contributed by atoms with Crippen LogP contribution in [0, 0.1) is 0 Å². The molecule has 2 aromatic carbocycles. The summed E-state index contributed by atoms with van der Waals surface area (Å²) in [5.74, 6) is 0. The van der Waals surface area contributed by atoms with Gasteiger partial charge in [-0.05, 0) is 41.3 Å². The van der Waals surface area contributed by atoms with E-state index in [9.17, 15) is 5.11 Å². The van der Waals surface area contributed by atoms with E-state index >= 15 is 0 Å². The molecule has 0 saturated carbocycles.